The van der Waals surface area contributed by atoms with Crippen LogP contribution in [-0.2, 0) is 17.7 Å². The van der Waals surface area contributed by atoms with Crippen LogP contribution < -0.4 is 0 Å². The molecule has 0 fully saturated rings. The van der Waals surface area contributed by atoms with E-state index < -0.39 is 0 Å². The molecule has 0 saturated carbocycles. The van der Waals surface area contributed by atoms with Gasteiger partial charge in [0.15, 0.2) is 0 Å². The summed E-state index contributed by atoms with van der Waals surface area (Å²) in [6, 6.07) is 8.70. The summed E-state index contributed by atoms with van der Waals surface area (Å²) in [4.78, 5) is 0. The lowest BCUT2D eigenvalue weighted by atomic mass is 10.0. The molecule has 0 aliphatic carbocycles. The highest BCUT2D eigenvalue weighted by Crippen LogP contribution is 2.31. The lowest BCUT2D eigenvalue weighted by Gasteiger charge is -2.17. The second-order valence-electron chi connectivity index (χ2n) is 5.07. The average molecular weight is 241 g/mol. The Balaban J connectivity index is 2.19. The van der Waals surface area contributed by atoms with Gasteiger partial charge in [0.25, 0.3) is 0 Å². The zero-order valence-electron chi connectivity index (χ0n) is 11.0. The number of rotatable bonds is 3. The molecule has 94 valence electrons. The number of fused-ring (bicyclic) bond motifs is 3. The second-order valence-corrected chi connectivity index (χ2v) is 5.07. The fraction of sp³-hybridized carbons (Fsp3) is 0.375. The van der Waals surface area contributed by atoms with E-state index in [1.807, 2.05) is 0 Å². The van der Waals surface area contributed by atoms with Crippen LogP contribution in [0.2, 0.25) is 0 Å². The van der Waals surface area contributed by atoms with Crippen molar-refractivity contribution >= 4 is 17.0 Å². The van der Waals surface area contributed by atoms with Crippen molar-refractivity contribution in [2.75, 3.05) is 13.7 Å². The minimum atomic E-state index is 0.614. The third kappa shape index (κ3) is 1.77. The van der Waals surface area contributed by atoms with Gasteiger partial charge in [-0.05, 0) is 30.0 Å². The summed E-state index contributed by atoms with van der Waals surface area (Å²) in [5.41, 5.74) is 4.15. The Morgan fingerprint density at radius 1 is 1.33 bits per heavy atom. The molecule has 0 spiro atoms. The molecule has 1 aliphatic rings. The van der Waals surface area contributed by atoms with Crippen molar-refractivity contribution in [2.45, 2.75) is 19.9 Å². The first kappa shape index (κ1) is 11.5. The zero-order chi connectivity index (χ0) is 12.5. The monoisotopic (exact) mass is 241 g/mol. The number of hydrogen-bond acceptors (Lipinski definition) is 1. The highest BCUT2D eigenvalue weighted by molar-refractivity contribution is 5.88. The summed E-state index contributed by atoms with van der Waals surface area (Å²) in [5.74, 6) is 0.614. The van der Waals surface area contributed by atoms with Gasteiger partial charge >= 0.3 is 0 Å². The van der Waals surface area contributed by atoms with Crippen molar-refractivity contribution in [1.29, 1.82) is 0 Å². The van der Waals surface area contributed by atoms with Crippen LogP contribution in [-0.4, -0.2) is 18.3 Å². The highest BCUT2D eigenvalue weighted by Gasteiger charge is 2.18. The van der Waals surface area contributed by atoms with E-state index in [-0.39, 0.29) is 0 Å². The molecule has 0 saturated heterocycles. The summed E-state index contributed by atoms with van der Waals surface area (Å²) in [6.45, 7) is 4.13. The number of hydrogen-bond donors (Lipinski definition) is 0. The van der Waals surface area contributed by atoms with E-state index in [0.29, 0.717) is 5.92 Å². The number of methoxy groups -OCH3 is 1. The average Bonchev–Trinajstić information content (AvgIpc) is 2.70. The first-order valence-electron chi connectivity index (χ1n) is 6.58. The fourth-order valence-corrected chi connectivity index (χ4v) is 2.85. The topological polar surface area (TPSA) is 14.2 Å². The number of aromatic nitrogens is 1. The van der Waals surface area contributed by atoms with E-state index in [2.05, 4.69) is 47.9 Å². The molecule has 1 aliphatic heterocycles. The van der Waals surface area contributed by atoms with Gasteiger partial charge in [0.05, 0.1) is 6.61 Å². The van der Waals surface area contributed by atoms with Crippen LogP contribution in [0.3, 0.4) is 0 Å². The predicted octanol–water partition coefficient (Wildman–Crippen LogP) is 3.49. The lowest BCUT2D eigenvalue weighted by molar-refractivity contribution is 0.202. The first-order chi connectivity index (χ1) is 8.81. The maximum Gasteiger partial charge on any atom is 0.0503 e. The van der Waals surface area contributed by atoms with Crippen LogP contribution in [0.1, 0.15) is 18.2 Å². The van der Waals surface area contributed by atoms with Crippen LogP contribution in [0.25, 0.3) is 17.0 Å². The molecule has 2 heteroatoms. The number of benzene rings is 1. The predicted molar refractivity (Wildman–Crippen MR) is 75.7 cm³/mol. The van der Waals surface area contributed by atoms with E-state index in [0.717, 1.165) is 19.6 Å². The smallest absolute Gasteiger partial charge is 0.0503 e. The summed E-state index contributed by atoms with van der Waals surface area (Å²) in [6.07, 6.45) is 5.57. The van der Waals surface area contributed by atoms with Gasteiger partial charge < -0.3 is 9.30 Å². The standard InChI is InChI=1S/C16H19NO/c1-12-7-8-16-14(9-10-18-2)13-5-3-4-6-15(13)17(16)11-12/h3-8,12H,9-11H2,1-2H3. The van der Waals surface area contributed by atoms with Crippen molar-refractivity contribution in [3.63, 3.8) is 0 Å². The molecular weight excluding hydrogens is 222 g/mol. The molecule has 2 nitrogen and oxygen atoms in total. The molecule has 1 aromatic carbocycles. The maximum absolute atomic E-state index is 5.24. The lowest BCUT2D eigenvalue weighted by Crippen LogP contribution is -2.11. The van der Waals surface area contributed by atoms with Gasteiger partial charge in [-0.1, -0.05) is 31.2 Å². The molecule has 1 unspecified atom stereocenters. The molecule has 1 aromatic heterocycles. The van der Waals surface area contributed by atoms with Crippen LogP contribution in [0.4, 0.5) is 0 Å². The van der Waals surface area contributed by atoms with E-state index in [1.54, 1.807) is 7.11 Å². The van der Waals surface area contributed by atoms with Crippen LogP contribution in [0.15, 0.2) is 30.3 Å². The minimum Gasteiger partial charge on any atom is -0.384 e. The third-order valence-electron chi connectivity index (χ3n) is 3.73. The normalized spacial score (nSPS) is 18.2. The Morgan fingerprint density at radius 3 is 3.00 bits per heavy atom. The Bertz CT molecular complexity index is 594. The Hall–Kier alpha value is -1.54. The molecule has 0 N–H and O–H groups in total. The van der Waals surface area contributed by atoms with Crippen molar-refractivity contribution in [2.24, 2.45) is 5.92 Å². The molecular formula is C16H19NO. The van der Waals surface area contributed by atoms with Gasteiger partial charge in [0, 0.05) is 30.3 Å². The molecule has 0 radical (unpaired) electrons. The number of nitrogens with zero attached hydrogens (tertiary/aromatic N) is 1. The van der Waals surface area contributed by atoms with E-state index >= 15 is 0 Å². The van der Waals surface area contributed by atoms with Crippen LogP contribution in [0.5, 0.6) is 0 Å². The van der Waals surface area contributed by atoms with Gasteiger partial charge in [0.2, 0.25) is 0 Å². The molecule has 0 bridgehead atoms. The van der Waals surface area contributed by atoms with Crippen molar-refractivity contribution in [3.05, 3.63) is 41.6 Å². The van der Waals surface area contributed by atoms with Crippen molar-refractivity contribution in [3.8, 4) is 0 Å². The van der Waals surface area contributed by atoms with Crippen molar-refractivity contribution in [1.82, 2.24) is 4.57 Å². The van der Waals surface area contributed by atoms with Crippen molar-refractivity contribution < 1.29 is 4.74 Å². The van der Waals surface area contributed by atoms with E-state index in [9.17, 15) is 0 Å². The molecule has 2 heterocycles. The maximum atomic E-state index is 5.24. The number of para-hydroxylation sites is 1. The Labute approximate surface area is 108 Å². The molecule has 0 amide bonds. The van der Waals surface area contributed by atoms with E-state index in [1.165, 1.54) is 22.2 Å². The molecule has 1 atom stereocenters. The highest BCUT2D eigenvalue weighted by atomic mass is 16.5. The second kappa shape index (κ2) is 4.62. The fourth-order valence-electron chi connectivity index (χ4n) is 2.85. The Morgan fingerprint density at radius 2 is 2.17 bits per heavy atom. The summed E-state index contributed by atoms with van der Waals surface area (Å²) >= 11 is 0. The number of ether oxygens (including phenoxy) is 1. The van der Waals surface area contributed by atoms with Crippen LogP contribution in [0, 0.1) is 5.92 Å². The largest absolute Gasteiger partial charge is 0.384 e. The van der Waals surface area contributed by atoms with Gasteiger partial charge in [-0.2, -0.15) is 0 Å². The summed E-state index contributed by atoms with van der Waals surface area (Å²) in [7, 11) is 1.77. The van der Waals surface area contributed by atoms with E-state index in [4.69, 9.17) is 4.74 Å². The van der Waals surface area contributed by atoms with Gasteiger partial charge in [-0.25, -0.2) is 0 Å². The summed E-state index contributed by atoms with van der Waals surface area (Å²) in [5, 5.41) is 1.38. The minimum absolute atomic E-state index is 0.614. The third-order valence-corrected chi connectivity index (χ3v) is 3.73. The van der Waals surface area contributed by atoms with Gasteiger partial charge in [-0.15, -0.1) is 0 Å². The van der Waals surface area contributed by atoms with Crippen LogP contribution >= 0.6 is 0 Å². The molecule has 18 heavy (non-hydrogen) atoms. The SMILES string of the molecule is COCCc1c2n(c3ccccc13)CC(C)C=C2. The molecule has 2 aromatic rings. The van der Waals surface area contributed by atoms with Gasteiger partial charge in [0.1, 0.15) is 0 Å². The van der Waals surface area contributed by atoms with Gasteiger partial charge in [-0.3, -0.25) is 0 Å². The Kier molecular flexibility index (Phi) is 2.96. The zero-order valence-corrected chi connectivity index (χ0v) is 11.0. The quantitative estimate of drug-likeness (QED) is 0.802. The number of allylic oxidation sites excluding steroid dienone is 1. The summed E-state index contributed by atoms with van der Waals surface area (Å²) < 4.78 is 7.69. The first-order valence-corrected chi connectivity index (χ1v) is 6.58. The molecule has 3 rings (SSSR count).